The van der Waals surface area contributed by atoms with Crippen LogP contribution >= 0.6 is 0 Å². The number of benzene rings is 1. The van der Waals surface area contributed by atoms with Crippen LogP contribution in [0.5, 0.6) is 0 Å². The number of hydrogen-bond donors (Lipinski definition) is 1. The lowest BCUT2D eigenvalue weighted by Crippen LogP contribution is -2.32. The van der Waals surface area contributed by atoms with Gasteiger partial charge in [0, 0.05) is 36.3 Å². The van der Waals surface area contributed by atoms with Crippen molar-refractivity contribution in [3.63, 3.8) is 0 Å². The number of hydrogen-bond acceptors (Lipinski definition) is 5. The minimum atomic E-state index is -0.364. The van der Waals surface area contributed by atoms with Crippen LogP contribution in [0.3, 0.4) is 0 Å². The second-order valence-electron chi connectivity index (χ2n) is 7.49. The van der Waals surface area contributed by atoms with E-state index in [9.17, 15) is 9.18 Å². The molecule has 1 atom stereocenters. The van der Waals surface area contributed by atoms with E-state index < -0.39 is 0 Å². The number of pyridine rings is 2. The Morgan fingerprint density at radius 1 is 1.19 bits per heavy atom. The third-order valence-electron chi connectivity index (χ3n) is 5.16. The van der Waals surface area contributed by atoms with Crippen molar-refractivity contribution in [3.05, 3.63) is 94.3 Å². The standard InChI is InChI=1S/C24H23FN4O2/c1-15-9-17(7-8-26-15)24-21-13-27-20(10-18(21)12-28-24)11-23(30)29-22(14-31-2)16-3-5-19(25)6-4-16/h3-10,13,22H,11-12,14H2,1-2H3,(H,29,30)/t22-/m0/s1. The molecule has 3 heterocycles. The number of methoxy groups -OCH3 is 1. The van der Waals surface area contributed by atoms with Gasteiger partial charge in [0.25, 0.3) is 0 Å². The number of fused-ring (bicyclic) bond motifs is 1. The lowest BCUT2D eigenvalue weighted by molar-refractivity contribution is -0.121. The Morgan fingerprint density at radius 2 is 2.00 bits per heavy atom. The molecule has 6 nitrogen and oxygen atoms in total. The molecule has 158 valence electrons. The minimum absolute atomic E-state index is 0.137. The van der Waals surface area contributed by atoms with E-state index in [1.165, 1.54) is 12.1 Å². The van der Waals surface area contributed by atoms with Gasteiger partial charge in [-0.05, 0) is 48.4 Å². The second-order valence-corrected chi connectivity index (χ2v) is 7.49. The van der Waals surface area contributed by atoms with Crippen molar-refractivity contribution in [1.82, 2.24) is 15.3 Å². The highest BCUT2D eigenvalue weighted by molar-refractivity contribution is 6.15. The zero-order chi connectivity index (χ0) is 21.8. The fraction of sp³-hybridized carbons (Fsp3) is 0.250. The molecule has 7 heteroatoms. The summed E-state index contributed by atoms with van der Waals surface area (Å²) in [5.41, 5.74) is 6.34. The maximum Gasteiger partial charge on any atom is 0.226 e. The van der Waals surface area contributed by atoms with Crippen LogP contribution in [0.1, 0.15) is 39.7 Å². The van der Waals surface area contributed by atoms with Gasteiger partial charge in [0.2, 0.25) is 5.91 Å². The van der Waals surface area contributed by atoms with Crippen molar-refractivity contribution in [2.45, 2.75) is 25.9 Å². The van der Waals surface area contributed by atoms with Crippen molar-refractivity contribution in [3.8, 4) is 0 Å². The molecule has 1 aromatic carbocycles. The average molecular weight is 418 g/mol. The Morgan fingerprint density at radius 3 is 2.74 bits per heavy atom. The molecule has 1 aliphatic rings. The summed E-state index contributed by atoms with van der Waals surface area (Å²) < 4.78 is 18.4. The molecule has 0 fully saturated rings. The molecule has 2 aromatic heterocycles. The third kappa shape index (κ3) is 4.83. The first-order chi connectivity index (χ1) is 15.0. The van der Waals surface area contributed by atoms with Gasteiger partial charge < -0.3 is 10.1 Å². The fourth-order valence-electron chi connectivity index (χ4n) is 3.67. The Hall–Kier alpha value is -3.45. The van der Waals surface area contributed by atoms with Gasteiger partial charge in [0.05, 0.1) is 37.0 Å². The quantitative estimate of drug-likeness (QED) is 0.639. The molecule has 1 N–H and O–H groups in total. The number of ether oxygens (including phenoxy) is 1. The molecule has 0 aliphatic carbocycles. The molecule has 0 saturated carbocycles. The number of aryl methyl sites for hydroxylation is 1. The number of nitrogens with zero attached hydrogens (tertiary/aromatic N) is 3. The maximum atomic E-state index is 13.2. The fourth-order valence-corrected chi connectivity index (χ4v) is 3.67. The predicted molar refractivity (Wildman–Crippen MR) is 115 cm³/mol. The van der Waals surface area contributed by atoms with Crippen molar-refractivity contribution in [1.29, 1.82) is 0 Å². The molecule has 1 amide bonds. The van der Waals surface area contributed by atoms with Crippen molar-refractivity contribution in [2.24, 2.45) is 4.99 Å². The summed E-state index contributed by atoms with van der Waals surface area (Å²) >= 11 is 0. The van der Waals surface area contributed by atoms with Gasteiger partial charge in [-0.1, -0.05) is 12.1 Å². The van der Waals surface area contributed by atoms with Crippen molar-refractivity contribution < 1.29 is 13.9 Å². The summed E-state index contributed by atoms with van der Waals surface area (Å²) in [6.07, 6.45) is 3.69. The van der Waals surface area contributed by atoms with Gasteiger partial charge >= 0.3 is 0 Å². The van der Waals surface area contributed by atoms with Gasteiger partial charge in [-0.25, -0.2) is 4.39 Å². The van der Waals surface area contributed by atoms with Gasteiger partial charge in [0.15, 0.2) is 0 Å². The normalized spacial score (nSPS) is 13.5. The van der Waals surface area contributed by atoms with Gasteiger partial charge in [-0.3, -0.25) is 19.8 Å². The molecular weight excluding hydrogens is 395 g/mol. The summed E-state index contributed by atoms with van der Waals surface area (Å²) in [7, 11) is 1.56. The Bertz CT molecular complexity index is 1130. The molecular formula is C24H23FN4O2. The Kier molecular flexibility index (Phi) is 6.13. The molecule has 0 spiro atoms. The smallest absolute Gasteiger partial charge is 0.226 e. The topological polar surface area (TPSA) is 76.5 Å². The van der Waals surface area contributed by atoms with E-state index in [2.05, 4.69) is 20.3 Å². The van der Waals surface area contributed by atoms with Crippen LogP contribution in [0, 0.1) is 12.7 Å². The molecule has 0 saturated heterocycles. The number of amides is 1. The van der Waals surface area contributed by atoms with Crippen LogP contribution in [-0.2, 0) is 22.5 Å². The highest BCUT2D eigenvalue weighted by Crippen LogP contribution is 2.23. The van der Waals surface area contributed by atoms with Crippen LogP contribution in [0.4, 0.5) is 4.39 Å². The van der Waals surface area contributed by atoms with Crippen LogP contribution in [-0.4, -0.2) is 35.3 Å². The molecule has 0 radical (unpaired) electrons. The number of aromatic nitrogens is 2. The third-order valence-corrected chi connectivity index (χ3v) is 5.16. The molecule has 0 bridgehead atoms. The predicted octanol–water partition coefficient (Wildman–Crippen LogP) is 3.32. The minimum Gasteiger partial charge on any atom is -0.382 e. The lowest BCUT2D eigenvalue weighted by Gasteiger charge is -2.18. The van der Waals surface area contributed by atoms with Crippen LogP contribution in [0.25, 0.3) is 0 Å². The Labute approximate surface area is 180 Å². The van der Waals surface area contributed by atoms with Crippen LogP contribution in [0.2, 0.25) is 0 Å². The highest BCUT2D eigenvalue weighted by Gasteiger charge is 2.20. The van der Waals surface area contributed by atoms with E-state index >= 15 is 0 Å². The number of carbonyl (C=O) groups is 1. The SMILES string of the molecule is COC[C@H](NC(=O)Cc1cc2c(cn1)C(c1ccnc(C)c1)=NC2)c1ccc(F)cc1. The summed E-state index contributed by atoms with van der Waals surface area (Å²) in [4.78, 5) is 26.0. The highest BCUT2D eigenvalue weighted by atomic mass is 19.1. The number of carbonyl (C=O) groups excluding carboxylic acids is 1. The zero-order valence-electron chi connectivity index (χ0n) is 17.4. The maximum absolute atomic E-state index is 13.2. The summed E-state index contributed by atoms with van der Waals surface area (Å²) in [6.45, 7) is 2.80. The van der Waals surface area contributed by atoms with Crippen molar-refractivity contribution >= 4 is 11.6 Å². The monoisotopic (exact) mass is 418 g/mol. The second kappa shape index (κ2) is 9.14. The van der Waals surface area contributed by atoms with Crippen LogP contribution < -0.4 is 5.32 Å². The van der Waals surface area contributed by atoms with Gasteiger partial charge in [0.1, 0.15) is 5.82 Å². The van der Waals surface area contributed by atoms with E-state index in [1.54, 1.807) is 31.6 Å². The van der Waals surface area contributed by atoms with Crippen molar-refractivity contribution in [2.75, 3.05) is 13.7 Å². The molecule has 31 heavy (non-hydrogen) atoms. The zero-order valence-corrected chi connectivity index (χ0v) is 17.4. The molecule has 3 aromatic rings. The number of aliphatic imine (C=N–C) groups is 1. The molecule has 1 aliphatic heterocycles. The van der Waals surface area contributed by atoms with Gasteiger partial charge in [-0.15, -0.1) is 0 Å². The number of nitrogens with one attached hydrogen (secondary N) is 1. The number of halogens is 1. The largest absolute Gasteiger partial charge is 0.382 e. The lowest BCUT2D eigenvalue weighted by atomic mass is 10.0. The first-order valence-electron chi connectivity index (χ1n) is 10.0. The van der Waals surface area contributed by atoms with Gasteiger partial charge in [-0.2, -0.15) is 0 Å². The summed E-state index contributed by atoms with van der Waals surface area (Å²) in [5, 5.41) is 2.95. The summed E-state index contributed by atoms with van der Waals surface area (Å²) in [5.74, 6) is -0.500. The average Bonchev–Trinajstić information content (AvgIpc) is 3.17. The van der Waals surface area contributed by atoms with E-state index in [0.717, 1.165) is 33.7 Å². The molecule has 4 rings (SSSR count). The Balaban J connectivity index is 1.45. The van der Waals surface area contributed by atoms with E-state index in [0.29, 0.717) is 12.2 Å². The summed E-state index contributed by atoms with van der Waals surface area (Å²) in [6, 6.07) is 11.5. The number of rotatable bonds is 7. The first kappa shape index (κ1) is 20.8. The van der Waals surface area contributed by atoms with E-state index in [4.69, 9.17) is 4.74 Å². The van der Waals surface area contributed by atoms with E-state index in [-0.39, 0.29) is 30.8 Å². The van der Waals surface area contributed by atoms with Crippen LogP contribution in [0.15, 0.2) is 59.9 Å². The molecule has 0 unspecified atom stereocenters. The first-order valence-corrected chi connectivity index (χ1v) is 10.0. The van der Waals surface area contributed by atoms with E-state index in [1.807, 2.05) is 25.1 Å².